The van der Waals surface area contributed by atoms with Crippen LogP contribution >= 0.6 is 0 Å². The Bertz CT molecular complexity index is 333. The molecule has 4 nitrogen and oxygen atoms in total. The lowest BCUT2D eigenvalue weighted by atomic mass is 9.77. The van der Waals surface area contributed by atoms with E-state index in [0.29, 0.717) is 12.6 Å². The predicted octanol–water partition coefficient (Wildman–Crippen LogP) is 2.64. The SMILES string of the molecule is CCC1CCC(CN)(OC2CCOC3(CCOC3)C2)CC1. The molecule has 0 aromatic rings. The molecule has 122 valence electrons. The highest BCUT2D eigenvalue weighted by atomic mass is 16.6. The molecule has 2 N–H and O–H groups in total. The van der Waals surface area contributed by atoms with E-state index in [9.17, 15) is 0 Å². The van der Waals surface area contributed by atoms with Gasteiger partial charge in [0.05, 0.1) is 23.9 Å². The van der Waals surface area contributed by atoms with Crippen LogP contribution in [-0.2, 0) is 14.2 Å². The Morgan fingerprint density at radius 1 is 1.14 bits per heavy atom. The molecule has 1 aliphatic carbocycles. The van der Waals surface area contributed by atoms with Crippen molar-refractivity contribution in [3.63, 3.8) is 0 Å². The zero-order valence-corrected chi connectivity index (χ0v) is 13.4. The fraction of sp³-hybridized carbons (Fsp3) is 1.00. The predicted molar refractivity (Wildman–Crippen MR) is 82.3 cm³/mol. The first-order valence-electron chi connectivity index (χ1n) is 8.79. The van der Waals surface area contributed by atoms with Crippen molar-refractivity contribution in [2.45, 2.75) is 75.6 Å². The zero-order chi connectivity index (χ0) is 14.8. The molecule has 2 aliphatic heterocycles. The van der Waals surface area contributed by atoms with Gasteiger partial charge in [0.2, 0.25) is 0 Å². The van der Waals surface area contributed by atoms with Gasteiger partial charge in [-0.25, -0.2) is 0 Å². The van der Waals surface area contributed by atoms with Gasteiger partial charge in [0.15, 0.2) is 0 Å². The molecular formula is C17H31NO3. The van der Waals surface area contributed by atoms with E-state index >= 15 is 0 Å². The van der Waals surface area contributed by atoms with E-state index in [1.807, 2.05) is 0 Å². The minimum Gasteiger partial charge on any atom is -0.378 e. The molecule has 21 heavy (non-hydrogen) atoms. The summed E-state index contributed by atoms with van der Waals surface area (Å²) in [6.07, 6.45) is 9.37. The van der Waals surface area contributed by atoms with Crippen molar-refractivity contribution in [1.82, 2.24) is 0 Å². The van der Waals surface area contributed by atoms with Gasteiger partial charge in [-0.15, -0.1) is 0 Å². The Balaban J connectivity index is 1.59. The Morgan fingerprint density at radius 3 is 2.57 bits per heavy atom. The van der Waals surface area contributed by atoms with Gasteiger partial charge in [-0.3, -0.25) is 0 Å². The van der Waals surface area contributed by atoms with Gasteiger partial charge < -0.3 is 19.9 Å². The number of rotatable bonds is 4. The highest BCUT2D eigenvalue weighted by Gasteiger charge is 2.44. The van der Waals surface area contributed by atoms with Crippen molar-refractivity contribution in [2.24, 2.45) is 11.7 Å². The number of hydrogen-bond acceptors (Lipinski definition) is 4. The van der Waals surface area contributed by atoms with Crippen LogP contribution in [-0.4, -0.2) is 43.7 Å². The van der Waals surface area contributed by atoms with E-state index in [1.54, 1.807) is 0 Å². The second-order valence-electron chi connectivity index (χ2n) is 7.31. The highest BCUT2D eigenvalue weighted by molar-refractivity contribution is 4.94. The van der Waals surface area contributed by atoms with Crippen LogP contribution in [0.1, 0.15) is 58.3 Å². The second kappa shape index (κ2) is 6.53. The van der Waals surface area contributed by atoms with Gasteiger partial charge in [0.25, 0.3) is 0 Å². The van der Waals surface area contributed by atoms with E-state index in [1.165, 1.54) is 19.3 Å². The van der Waals surface area contributed by atoms with E-state index in [4.69, 9.17) is 19.9 Å². The van der Waals surface area contributed by atoms with Crippen LogP contribution in [0.5, 0.6) is 0 Å². The molecule has 0 aromatic heterocycles. The Hall–Kier alpha value is -0.160. The standard InChI is InChI=1S/C17H31NO3/c1-2-14-3-6-16(12-18,7-4-14)21-15-5-9-20-17(11-15)8-10-19-13-17/h14-15H,2-13,18H2,1H3. The van der Waals surface area contributed by atoms with E-state index in [0.717, 1.165) is 57.8 Å². The summed E-state index contributed by atoms with van der Waals surface area (Å²) < 4.78 is 18.1. The molecule has 2 atom stereocenters. The van der Waals surface area contributed by atoms with Crippen LogP contribution < -0.4 is 5.73 Å². The maximum absolute atomic E-state index is 6.59. The van der Waals surface area contributed by atoms with Crippen LogP contribution in [0.3, 0.4) is 0 Å². The van der Waals surface area contributed by atoms with Crippen LogP contribution in [0.25, 0.3) is 0 Å². The van der Waals surface area contributed by atoms with Gasteiger partial charge in [-0.1, -0.05) is 13.3 Å². The van der Waals surface area contributed by atoms with E-state index in [2.05, 4.69) is 6.92 Å². The molecule has 1 spiro atoms. The third-order valence-electron chi connectivity index (χ3n) is 5.90. The quantitative estimate of drug-likeness (QED) is 0.866. The number of ether oxygens (including phenoxy) is 3. The summed E-state index contributed by atoms with van der Waals surface area (Å²) >= 11 is 0. The van der Waals surface area contributed by atoms with Crippen molar-refractivity contribution in [2.75, 3.05) is 26.4 Å². The average Bonchev–Trinajstić information content (AvgIpc) is 2.96. The summed E-state index contributed by atoms with van der Waals surface area (Å²) in [4.78, 5) is 0. The van der Waals surface area contributed by atoms with Crippen molar-refractivity contribution < 1.29 is 14.2 Å². The van der Waals surface area contributed by atoms with Gasteiger partial charge in [0, 0.05) is 32.6 Å². The van der Waals surface area contributed by atoms with Gasteiger partial charge in [-0.05, 0) is 38.0 Å². The topological polar surface area (TPSA) is 53.7 Å². The van der Waals surface area contributed by atoms with Crippen LogP contribution in [0.15, 0.2) is 0 Å². The van der Waals surface area contributed by atoms with Crippen molar-refractivity contribution in [1.29, 1.82) is 0 Å². The van der Waals surface area contributed by atoms with E-state index < -0.39 is 0 Å². The third kappa shape index (κ3) is 3.44. The molecular weight excluding hydrogens is 266 g/mol. The Morgan fingerprint density at radius 2 is 1.95 bits per heavy atom. The Labute approximate surface area is 128 Å². The molecule has 2 saturated heterocycles. The minimum absolute atomic E-state index is 0.0701. The van der Waals surface area contributed by atoms with Crippen LogP contribution in [0.2, 0.25) is 0 Å². The third-order valence-corrected chi connectivity index (χ3v) is 5.90. The molecule has 3 fully saturated rings. The molecule has 4 heteroatoms. The molecule has 0 aromatic carbocycles. The number of hydrogen-bond donors (Lipinski definition) is 1. The molecule has 3 aliphatic rings. The highest BCUT2D eigenvalue weighted by Crippen LogP contribution is 2.40. The fourth-order valence-electron chi connectivity index (χ4n) is 4.28. The van der Waals surface area contributed by atoms with Crippen molar-refractivity contribution >= 4 is 0 Å². The van der Waals surface area contributed by atoms with Crippen LogP contribution in [0.4, 0.5) is 0 Å². The first-order chi connectivity index (χ1) is 10.2. The maximum atomic E-state index is 6.59. The smallest absolute Gasteiger partial charge is 0.0961 e. The Kier molecular flexibility index (Phi) is 4.89. The maximum Gasteiger partial charge on any atom is 0.0961 e. The largest absolute Gasteiger partial charge is 0.378 e. The van der Waals surface area contributed by atoms with E-state index in [-0.39, 0.29) is 11.2 Å². The molecule has 0 amide bonds. The molecule has 2 heterocycles. The monoisotopic (exact) mass is 297 g/mol. The summed E-state index contributed by atoms with van der Waals surface area (Å²) in [5.74, 6) is 0.873. The molecule has 0 bridgehead atoms. The summed E-state index contributed by atoms with van der Waals surface area (Å²) in [5.41, 5.74) is 5.96. The normalized spacial score (nSPS) is 44.3. The van der Waals surface area contributed by atoms with Crippen LogP contribution in [0, 0.1) is 5.92 Å². The first kappa shape index (κ1) is 15.7. The lowest BCUT2D eigenvalue weighted by Gasteiger charge is -2.45. The summed E-state index contributed by atoms with van der Waals surface area (Å²) in [6.45, 7) is 5.31. The molecule has 2 unspecified atom stereocenters. The second-order valence-corrected chi connectivity index (χ2v) is 7.31. The summed E-state index contributed by atoms with van der Waals surface area (Å²) in [6, 6.07) is 0. The zero-order valence-electron chi connectivity index (χ0n) is 13.4. The minimum atomic E-state index is -0.0751. The summed E-state index contributed by atoms with van der Waals surface area (Å²) in [7, 11) is 0. The lowest BCUT2D eigenvalue weighted by molar-refractivity contribution is -0.181. The van der Waals surface area contributed by atoms with Crippen molar-refractivity contribution in [3.05, 3.63) is 0 Å². The van der Waals surface area contributed by atoms with Gasteiger partial charge in [0.1, 0.15) is 0 Å². The molecule has 0 radical (unpaired) electrons. The lowest BCUT2D eigenvalue weighted by Crippen LogP contribution is -2.50. The summed E-state index contributed by atoms with van der Waals surface area (Å²) in [5, 5.41) is 0. The van der Waals surface area contributed by atoms with Gasteiger partial charge >= 0.3 is 0 Å². The number of nitrogens with two attached hydrogens (primary N) is 1. The first-order valence-corrected chi connectivity index (χ1v) is 8.79. The molecule has 3 rings (SSSR count). The molecule has 1 saturated carbocycles. The van der Waals surface area contributed by atoms with Crippen molar-refractivity contribution in [3.8, 4) is 0 Å². The fourth-order valence-corrected chi connectivity index (χ4v) is 4.28. The average molecular weight is 297 g/mol. The van der Waals surface area contributed by atoms with Gasteiger partial charge in [-0.2, -0.15) is 0 Å².